The molecule has 186 valence electrons. The molecular formula is C28H24N4O4S. The van der Waals surface area contributed by atoms with E-state index in [2.05, 4.69) is 10.1 Å². The Balaban J connectivity index is 1.21. The molecular weight excluding hydrogens is 488 g/mol. The third-order valence-corrected chi connectivity index (χ3v) is 6.64. The third-order valence-electron chi connectivity index (χ3n) is 5.70. The number of aliphatic imine (C=N–C) groups is 1. The second-order valence-electron chi connectivity index (χ2n) is 8.18. The quantitative estimate of drug-likeness (QED) is 0.332. The standard InChI is InChI=1S/C28H24N4O4S/c1-18-5-3-4-6-23(18)27-31-32-25(29)24(26(33)30-28(32)37-27)17-19-7-9-21(10-8-19)35-15-16-36-22-13-11-20(34-2)12-14-22/h3-14,17,29H,15-16H2,1-2H3. The first-order valence-electron chi connectivity index (χ1n) is 11.6. The van der Waals surface area contributed by atoms with Crippen LogP contribution in [0, 0.1) is 12.3 Å². The number of benzene rings is 3. The molecule has 1 amide bonds. The van der Waals surface area contributed by atoms with Gasteiger partial charge < -0.3 is 14.2 Å². The molecule has 0 fully saturated rings. The highest BCUT2D eigenvalue weighted by atomic mass is 32.2. The molecule has 0 aromatic heterocycles. The molecule has 0 unspecified atom stereocenters. The summed E-state index contributed by atoms with van der Waals surface area (Å²) in [5, 5.41) is 15.7. The number of methoxy groups -OCH3 is 1. The minimum atomic E-state index is -0.457. The van der Waals surface area contributed by atoms with Crippen molar-refractivity contribution in [2.24, 2.45) is 10.1 Å². The third kappa shape index (κ3) is 5.41. The van der Waals surface area contributed by atoms with Gasteiger partial charge in [-0.15, -0.1) is 0 Å². The predicted molar refractivity (Wildman–Crippen MR) is 146 cm³/mol. The monoisotopic (exact) mass is 512 g/mol. The van der Waals surface area contributed by atoms with Crippen LogP contribution in [-0.2, 0) is 4.79 Å². The Morgan fingerprint density at radius 2 is 1.54 bits per heavy atom. The zero-order chi connectivity index (χ0) is 25.8. The van der Waals surface area contributed by atoms with Gasteiger partial charge in [-0.3, -0.25) is 10.2 Å². The Morgan fingerprint density at radius 3 is 2.19 bits per heavy atom. The molecule has 0 saturated heterocycles. The van der Waals surface area contributed by atoms with Crippen LogP contribution in [0.3, 0.4) is 0 Å². The molecule has 0 aliphatic carbocycles. The van der Waals surface area contributed by atoms with Gasteiger partial charge in [0.25, 0.3) is 5.91 Å². The van der Waals surface area contributed by atoms with E-state index < -0.39 is 5.91 Å². The lowest BCUT2D eigenvalue weighted by atomic mass is 10.1. The summed E-state index contributed by atoms with van der Waals surface area (Å²) < 4.78 is 16.6. The lowest BCUT2D eigenvalue weighted by Crippen LogP contribution is -2.35. The fraction of sp³-hybridized carbons (Fsp3) is 0.143. The number of nitrogens with zero attached hydrogens (tertiary/aromatic N) is 3. The molecule has 3 aromatic rings. The van der Waals surface area contributed by atoms with Gasteiger partial charge in [0.1, 0.15) is 35.5 Å². The number of hydrogen-bond donors (Lipinski definition) is 1. The Kier molecular flexibility index (Phi) is 7.04. The summed E-state index contributed by atoms with van der Waals surface area (Å²) in [7, 11) is 1.62. The molecule has 5 rings (SSSR count). The Labute approximate surface area is 218 Å². The van der Waals surface area contributed by atoms with Crippen molar-refractivity contribution < 1.29 is 19.0 Å². The number of ether oxygens (including phenoxy) is 3. The van der Waals surface area contributed by atoms with E-state index in [-0.39, 0.29) is 11.4 Å². The number of nitrogens with one attached hydrogen (secondary N) is 1. The number of aryl methyl sites for hydroxylation is 1. The van der Waals surface area contributed by atoms with Crippen LogP contribution in [-0.4, -0.2) is 47.3 Å². The van der Waals surface area contributed by atoms with Crippen LogP contribution in [0.5, 0.6) is 17.2 Å². The highest BCUT2D eigenvalue weighted by molar-refractivity contribution is 8.27. The summed E-state index contributed by atoms with van der Waals surface area (Å²) in [6.07, 6.45) is 1.65. The first-order valence-corrected chi connectivity index (χ1v) is 12.4. The minimum Gasteiger partial charge on any atom is -0.497 e. The number of carbonyl (C=O) groups is 1. The maximum atomic E-state index is 12.7. The number of amidine groups is 2. The maximum absolute atomic E-state index is 12.7. The number of amides is 1. The summed E-state index contributed by atoms with van der Waals surface area (Å²) in [6, 6.07) is 22.5. The zero-order valence-corrected chi connectivity index (χ0v) is 21.1. The van der Waals surface area contributed by atoms with Crippen molar-refractivity contribution in [3.8, 4) is 17.2 Å². The Hall–Kier alpha value is -4.37. The summed E-state index contributed by atoms with van der Waals surface area (Å²) >= 11 is 1.29. The molecule has 2 heterocycles. The van der Waals surface area contributed by atoms with E-state index in [1.165, 1.54) is 16.8 Å². The molecule has 3 aromatic carbocycles. The Morgan fingerprint density at radius 1 is 0.919 bits per heavy atom. The van der Waals surface area contributed by atoms with Gasteiger partial charge in [0.2, 0.25) is 5.17 Å². The molecule has 0 bridgehead atoms. The van der Waals surface area contributed by atoms with Gasteiger partial charge in [-0.25, -0.2) is 0 Å². The minimum absolute atomic E-state index is 0.00194. The zero-order valence-electron chi connectivity index (χ0n) is 20.3. The molecule has 2 aliphatic heterocycles. The lowest BCUT2D eigenvalue weighted by Gasteiger charge is -2.20. The molecule has 9 heteroatoms. The molecule has 8 nitrogen and oxygen atoms in total. The first-order chi connectivity index (χ1) is 18.0. The first kappa shape index (κ1) is 24.3. The summed E-state index contributed by atoms with van der Waals surface area (Å²) in [6.45, 7) is 2.77. The second kappa shape index (κ2) is 10.7. The topological polar surface area (TPSA) is 96.6 Å². The van der Waals surface area contributed by atoms with E-state index in [0.717, 1.165) is 28.2 Å². The SMILES string of the molecule is COc1ccc(OCCOc2ccc(C=C3C(=N)N4N=C(c5ccccc5C)SC4=NC3=O)cc2)cc1. The van der Waals surface area contributed by atoms with Gasteiger partial charge >= 0.3 is 0 Å². The van der Waals surface area contributed by atoms with E-state index in [9.17, 15) is 4.79 Å². The maximum Gasteiger partial charge on any atom is 0.283 e. The van der Waals surface area contributed by atoms with Gasteiger partial charge in [0.05, 0.1) is 12.7 Å². The van der Waals surface area contributed by atoms with Crippen molar-refractivity contribution in [3.63, 3.8) is 0 Å². The normalized spacial score (nSPS) is 15.8. The van der Waals surface area contributed by atoms with E-state index in [0.29, 0.717) is 29.2 Å². The van der Waals surface area contributed by atoms with E-state index >= 15 is 0 Å². The Bertz CT molecular complexity index is 1430. The van der Waals surface area contributed by atoms with Crippen molar-refractivity contribution in [1.82, 2.24) is 5.01 Å². The molecule has 0 spiro atoms. The fourth-order valence-corrected chi connectivity index (χ4v) is 4.71. The van der Waals surface area contributed by atoms with Crippen LogP contribution >= 0.6 is 11.8 Å². The van der Waals surface area contributed by atoms with Crippen molar-refractivity contribution in [2.75, 3.05) is 20.3 Å². The summed E-state index contributed by atoms with van der Waals surface area (Å²) in [5.74, 6) is 1.73. The highest BCUT2D eigenvalue weighted by Gasteiger charge is 2.36. The van der Waals surface area contributed by atoms with Crippen LogP contribution in [0.25, 0.3) is 6.08 Å². The van der Waals surface area contributed by atoms with Gasteiger partial charge in [-0.05, 0) is 72.3 Å². The summed E-state index contributed by atoms with van der Waals surface area (Å²) in [4.78, 5) is 16.9. The molecule has 0 saturated carbocycles. The molecule has 0 atom stereocenters. The van der Waals surface area contributed by atoms with E-state index in [1.54, 1.807) is 13.2 Å². The number of carbonyl (C=O) groups excluding carboxylic acids is 1. The average molecular weight is 513 g/mol. The lowest BCUT2D eigenvalue weighted by molar-refractivity contribution is -0.114. The number of hydrazone groups is 1. The van der Waals surface area contributed by atoms with Gasteiger partial charge in [-0.2, -0.15) is 15.1 Å². The van der Waals surface area contributed by atoms with Crippen LogP contribution in [0.2, 0.25) is 0 Å². The molecule has 1 N–H and O–H groups in total. The predicted octanol–water partition coefficient (Wildman–Crippen LogP) is 5.13. The van der Waals surface area contributed by atoms with E-state index in [1.807, 2.05) is 79.7 Å². The molecule has 37 heavy (non-hydrogen) atoms. The van der Waals surface area contributed by atoms with Crippen LogP contribution in [0.15, 0.2) is 88.5 Å². The molecule has 2 aliphatic rings. The fourth-order valence-electron chi connectivity index (χ4n) is 3.73. The van der Waals surface area contributed by atoms with Crippen LogP contribution in [0.1, 0.15) is 16.7 Å². The number of fused-ring (bicyclic) bond motifs is 1. The number of thioether (sulfide) groups is 1. The van der Waals surface area contributed by atoms with Crippen molar-refractivity contribution in [2.45, 2.75) is 6.92 Å². The van der Waals surface area contributed by atoms with Gasteiger partial charge in [-0.1, -0.05) is 36.4 Å². The largest absolute Gasteiger partial charge is 0.497 e. The van der Waals surface area contributed by atoms with Crippen LogP contribution < -0.4 is 14.2 Å². The smallest absolute Gasteiger partial charge is 0.283 e. The molecule has 0 radical (unpaired) electrons. The number of hydrogen-bond acceptors (Lipinski definition) is 7. The highest BCUT2D eigenvalue weighted by Crippen LogP contribution is 2.32. The van der Waals surface area contributed by atoms with Crippen LogP contribution in [0.4, 0.5) is 0 Å². The summed E-state index contributed by atoms with van der Waals surface area (Å²) in [5.41, 5.74) is 2.96. The van der Waals surface area contributed by atoms with Crippen molar-refractivity contribution in [3.05, 3.63) is 95.1 Å². The van der Waals surface area contributed by atoms with Gasteiger partial charge in [0, 0.05) is 5.56 Å². The number of rotatable bonds is 8. The van der Waals surface area contributed by atoms with Crippen molar-refractivity contribution >= 4 is 39.8 Å². The second-order valence-corrected chi connectivity index (χ2v) is 9.14. The average Bonchev–Trinajstić information content (AvgIpc) is 3.34. The van der Waals surface area contributed by atoms with Crippen molar-refractivity contribution in [1.29, 1.82) is 5.41 Å². The van der Waals surface area contributed by atoms with Gasteiger partial charge in [0.15, 0.2) is 5.84 Å². The van der Waals surface area contributed by atoms with E-state index in [4.69, 9.17) is 19.6 Å².